The number of nitrogens with zero attached hydrogens (tertiary/aromatic N) is 2. The van der Waals surface area contributed by atoms with Crippen LogP contribution in [-0.2, 0) is 6.54 Å². The van der Waals surface area contributed by atoms with Crippen molar-refractivity contribution >= 4 is 16.3 Å². The highest BCUT2D eigenvalue weighted by Gasteiger charge is 2.23. The van der Waals surface area contributed by atoms with E-state index in [0.717, 1.165) is 29.0 Å². The second kappa shape index (κ2) is 5.25. The molecule has 2 atom stereocenters. The molecule has 0 aromatic carbocycles. The van der Waals surface area contributed by atoms with Crippen LogP contribution in [0, 0.1) is 18.8 Å². The topological polar surface area (TPSA) is 29.3 Å². The SMILES string of the molecule is Cc1nc2sccn2c1CNC1CC(C)CC(C)C1. The molecule has 3 rings (SSSR count). The molecule has 2 heterocycles. The maximum atomic E-state index is 4.61. The fourth-order valence-corrected chi connectivity index (χ4v) is 4.29. The molecular weight excluding hydrogens is 254 g/mol. The first-order chi connectivity index (χ1) is 9.13. The monoisotopic (exact) mass is 277 g/mol. The Bertz CT molecular complexity index is 547. The molecule has 0 saturated heterocycles. The lowest BCUT2D eigenvalue weighted by Crippen LogP contribution is -2.36. The first-order valence-electron chi connectivity index (χ1n) is 7.28. The van der Waals surface area contributed by atoms with Crippen LogP contribution in [0.1, 0.15) is 44.5 Å². The van der Waals surface area contributed by atoms with Crippen LogP contribution >= 0.6 is 11.3 Å². The van der Waals surface area contributed by atoms with Crippen LogP contribution in [0.5, 0.6) is 0 Å². The van der Waals surface area contributed by atoms with Gasteiger partial charge in [0.1, 0.15) is 0 Å². The van der Waals surface area contributed by atoms with Crippen LogP contribution in [0.4, 0.5) is 0 Å². The Balaban J connectivity index is 1.68. The van der Waals surface area contributed by atoms with Gasteiger partial charge in [0, 0.05) is 24.2 Å². The van der Waals surface area contributed by atoms with Gasteiger partial charge in [-0.15, -0.1) is 11.3 Å². The molecule has 3 nitrogen and oxygen atoms in total. The van der Waals surface area contributed by atoms with Crippen molar-refractivity contribution in [2.45, 2.75) is 52.6 Å². The molecule has 0 aliphatic heterocycles. The van der Waals surface area contributed by atoms with Gasteiger partial charge < -0.3 is 5.32 Å². The molecule has 0 bridgehead atoms. The van der Waals surface area contributed by atoms with Gasteiger partial charge in [-0.1, -0.05) is 13.8 Å². The first kappa shape index (κ1) is 13.1. The average Bonchev–Trinajstić information content (AvgIpc) is 2.86. The molecule has 1 fully saturated rings. The van der Waals surface area contributed by atoms with Crippen LogP contribution in [0.3, 0.4) is 0 Å². The number of rotatable bonds is 3. The molecule has 4 heteroatoms. The summed E-state index contributed by atoms with van der Waals surface area (Å²) in [7, 11) is 0. The number of aromatic nitrogens is 2. The summed E-state index contributed by atoms with van der Waals surface area (Å²) in [5.74, 6) is 1.71. The van der Waals surface area contributed by atoms with Crippen molar-refractivity contribution < 1.29 is 0 Å². The number of thiazole rings is 1. The van der Waals surface area contributed by atoms with Crippen LogP contribution in [-0.4, -0.2) is 15.4 Å². The Morgan fingerprint density at radius 3 is 2.79 bits per heavy atom. The van der Waals surface area contributed by atoms with Gasteiger partial charge in [-0.2, -0.15) is 0 Å². The summed E-state index contributed by atoms with van der Waals surface area (Å²) in [5, 5.41) is 5.86. The maximum Gasteiger partial charge on any atom is 0.194 e. The molecule has 0 spiro atoms. The number of hydrogen-bond acceptors (Lipinski definition) is 3. The highest BCUT2D eigenvalue weighted by Crippen LogP contribution is 2.28. The molecule has 1 aliphatic carbocycles. The van der Waals surface area contributed by atoms with E-state index >= 15 is 0 Å². The Labute approximate surface area is 119 Å². The minimum Gasteiger partial charge on any atom is -0.308 e. The predicted octanol–water partition coefficient (Wildman–Crippen LogP) is 3.62. The molecule has 19 heavy (non-hydrogen) atoms. The first-order valence-corrected chi connectivity index (χ1v) is 8.16. The third kappa shape index (κ3) is 2.70. The zero-order valence-corrected chi connectivity index (χ0v) is 12.8. The lowest BCUT2D eigenvalue weighted by molar-refractivity contribution is 0.237. The van der Waals surface area contributed by atoms with Crippen LogP contribution in [0.25, 0.3) is 4.96 Å². The van der Waals surface area contributed by atoms with E-state index in [0.29, 0.717) is 6.04 Å². The molecule has 0 amide bonds. The van der Waals surface area contributed by atoms with Crippen molar-refractivity contribution in [2.75, 3.05) is 0 Å². The van der Waals surface area contributed by atoms with E-state index in [4.69, 9.17) is 0 Å². The van der Waals surface area contributed by atoms with Crippen LogP contribution < -0.4 is 5.32 Å². The van der Waals surface area contributed by atoms with E-state index in [2.05, 4.69) is 47.0 Å². The summed E-state index contributed by atoms with van der Waals surface area (Å²) >= 11 is 1.71. The largest absolute Gasteiger partial charge is 0.308 e. The molecule has 1 aliphatic rings. The van der Waals surface area contributed by atoms with Gasteiger partial charge in [-0.05, 0) is 38.0 Å². The van der Waals surface area contributed by atoms with Crippen molar-refractivity contribution in [1.82, 2.24) is 14.7 Å². The molecule has 1 N–H and O–H groups in total. The molecule has 1 saturated carbocycles. The van der Waals surface area contributed by atoms with Gasteiger partial charge in [-0.25, -0.2) is 4.98 Å². The second-order valence-electron chi connectivity index (χ2n) is 6.19. The van der Waals surface area contributed by atoms with Gasteiger partial charge in [0.2, 0.25) is 0 Å². The second-order valence-corrected chi connectivity index (χ2v) is 7.07. The molecular formula is C15H23N3S. The standard InChI is InChI=1S/C15H23N3S/c1-10-6-11(2)8-13(7-10)16-9-14-12(3)17-15-18(14)4-5-19-15/h4-5,10-11,13,16H,6-9H2,1-3H3. The van der Waals surface area contributed by atoms with Crippen molar-refractivity contribution in [3.8, 4) is 0 Å². The lowest BCUT2D eigenvalue weighted by atomic mass is 9.80. The zero-order chi connectivity index (χ0) is 13.4. The van der Waals surface area contributed by atoms with Crippen molar-refractivity contribution in [2.24, 2.45) is 11.8 Å². The summed E-state index contributed by atoms with van der Waals surface area (Å²) in [6.45, 7) is 7.81. The van der Waals surface area contributed by atoms with Gasteiger partial charge >= 0.3 is 0 Å². The molecule has 0 radical (unpaired) electrons. The Hall–Kier alpha value is -0.870. The van der Waals surface area contributed by atoms with Gasteiger partial charge in [0.15, 0.2) is 4.96 Å². The van der Waals surface area contributed by atoms with Crippen molar-refractivity contribution in [3.63, 3.8) is 0 Å². The minimum absolute atomic E-state index is 0.669. The zero-order valence-electron chi connectivity index (χ0n) is 12.0. The average molecular weight is 277 g/mol. The fourth-order valence-electron chi connectivity index (χ4n) is 3.51. The van der Waals surface area contributed by atoms with Crippen molar-refractivity contribution in [1.29, 1.82) is 0 Å². The van der Waals surface area contributed by atoms with E-state index in [1.54, 1.807) is 11.3 Å². The number of hydrogen-bond donors (Lipinski definition) is 1. The Kier molecular flexibility index (Phi) is 3.63. The van der Waals surface area contributed by atoms with E-state index in [-0.39, 0.29) is 0 Å². The quantitative estimate of drug-likeness (QED) is 0.928. The Morgan fingerprint density at radius 2 is 2.05 bits per heavy atom. The molecule has 2 aromatic heterocycles. The van der Waals surface area contributed by atoms with E-state index in [9.17, 15) is 0 Å². The van der Waals surface area contributed by atoms with E-state index in [1.807, 2.05) is 0 Å². The van der Waals surface area contributed by atoms with Crippen molar-refractivity contribution in [3.05, 3.63) is 23.0 Å². The summed E-state index contributed by atoms with van der Waals surface area (Å²) in [6.07, 6.45) is 6.14. The van der Waals surface area contributed by atoms with Gasteiger partial charge in [-0.3, -0.25) is 4.40 Å². The summed E-state index contributed by atoms with van der Waals surface area (Å²) in [5.41, 5.74) is 2.48. The number of imidazole rings is 1. The molecule has 104 valence electrons. The van der Waals surface area contributed by atoms with E-state index in [1.165, 1.54) is 25.0 Å². The highest BCUT2D eigenvalue weighted by atomic mass is 32.1. The number of fused-ring (bicyclic) bond motifs is 1. The summed E-state index contributed by atoms with van der Waals surface area (Å²) in [4.78, 5) is 5.72. The molecule has 2 aromatic rings. The highest BCUT2D eigenvalue weighted by molar-refractivity contribution is 7.15. The summed E-state index contributed by atoms with van der Waals surface area (Å²) in [6, 6.07) is 0.669. The van der Waals surface area contributed by atoms with Crippen LogP contribution in [0.2, 0.25) is 0 Å². The van der Waals surface area contributed by atoms with E-state index < -0.39 is 0 Å². The lowest BCUT2D eigenvalue weighted by Gasteiger charge is -2.32. The third-order valence-corrected chi connectivity index (χ3v) is 5.05. The number of nitrogens with one attached hydrogen (secondary N) is 1. The third-order valence-electron chi connectivity index (χ3n) is 4.30. The predicted molar refractivity (Wildman–Crippen MR) is 80.6 cm³/mol. The summed E-state index contributed by atoms with van der Waals surface area (Å²) < 4.78 is 2.22. The minimum atomic E-state index is 0.669. The smallest absolute Gasteiger partial charge is 0.194 e. The fraction of sp³-hybridized carbons (Fsp3) is 0.667. The number of aryl methyl sites for hydroxylation is 1. The normalized spacial score (nSPS) is 28.1. The van der Waals surface area contributed by atoms with Gasteiger partial charge in [0.05, 0.1) is 11.4 Å². The van der Waals surface area contributed by atoms with Gasteiger partial charge in [0.25, 0.3) is 0 Å². The maximum absolute atomic E-state index is 4.61. The van der Waals surface area contributed by atoms with Crippen LogP contribution in [0.15, 0.2) is 11.6 Å². The molecule has 2 unspecified atom stereocenters. The Morgan fingerprint density at radius 1 is 1.32 bits per heavy atom.